The van der Waals surface area contributed by atoms with Crippen molar-refractivity contribution in [3.05, 3.63) is 23.8 Å². The van der Waals surface area contributed by atoms with Gasteiger partial charge in [-0.1, -0.05) is 0 Å². The lowest BCUT2D eigenvalue weighted by molar-refractivity contribution is 0.0435. The van der Waals surface area contributed by atoms with Crippen LogP contribution in [0.15, 0.2) is 23.1 Å². The van der Waals surface area contributed by atoms with Gasteiger partial charge in [-0.25, -0.2) is 17.9 Å². The summed E-state index contributed by atoms with van der Waals surface area (Å²) in [7, 11) is -2.43. The van der Waals surface area contributed by atoms with E-state index in [1.807, 2.05) is 0 Å². The molecule has 0 spiro atoms. The van der Waals surface area contributed by atoms with Crippen LogP contribution >= 0.6 is 0 Å². The van der Waals surface area contributed by atoms with Crippen LogP contribution in [0.4, 0.5) is 0 Å². The van der Waals surface area contributed by atoms with Crippen molar-refractivity contribution in [2.75, 3.05) is 7.11 Å². The Balaban J connectivity index is 2.34. The number of ether oxygens (including phenoxy) is 2. The monoisotopic (exact) mass is 324 g/mol. The van der Waals surface area contributed by atoms with Crippen molar-refractivity contribution in [3.8, 4) is 11.8 Å². The number of carbonyl (C=O) groups is 1. The van der Waals surface area contributed by atoms with Gasteiger partial charge in [-0.2, -0.15) is 5.26 Å². The SMILES string of the molecule is COc1ccc(C(=O)O[C@H](C)C#N)cc1S(=O)(=O)NC1CC1. The standard InChI is InChI=1S/C14H16N2O5S/c1-9(8-15)21-14(17)10-3-6-12(20-2)13(7-10)22(18,19)16-11-4-5-11/h3,6-7,9,11,16H,4-5H2,1-2H3/t9-/m1/s1. The zero-order valence-electron chi connectivity index (χ0n) is 12.2. The Labute approximate surface area is 128 Å². The van der Waals surface area contributed by atoms with Gasteiger partial charge in [-0.05, 0) is 38.0 Å². The Kier molecular flexibility index (Phi) is 4.68. The number of nitrogens with zero attached hydrogens (tertiary/aromatic N) is 1. The number of nitrogens with one attached hydrogen (secondary N) is 1. The van der Waals surface area contributed by atoms with E-state index < -0.39 is 22.1 Å². The summed E-state index contributed by atoms with van der Waals surface area (Å²) in [6, 6.07) is 5.67. The lowest BCUT2D eigenvalue weighted by Gasteiger charge is -2.12. The lowest BCUT2D eigenvalue weighted by atomic mass is 10.2. The Morgan fingerprint density at radius 2 is 2.14 bits per heavy atom. The first-order chi connectivity index (χ1) is 10.4. The number of esters is 1. The van der Waals surface area contributed by atoms with Crippen LogP contribution in [-0.2, 0) is 14.8 Å². The van der Waals surface area contributed by atoms with Crippen LogP contribution in [-0.4, -0.2) is 33.6 Å². The van der Waals surface area contributed by atoms with Gasteiger partial charge in [0.1, 0.15) is 16.7 Å². The minimum absolute atomic E-state index is 0.0408. The largest absolute Gasteiger partial charge is 0.495 e. The van der Waals surface area contributed by atoms with Gasteiger partial charge in [-0.3, -0.25) is 0 Å². The number of rotatable bonds is 6. The van der Waals surface area contributed by atoms with Gasteiger partial charge in [0, 0.05) is 6.04 Å². The highest BCUT2D eigenvalue weighted by molar-refractivity contribution is 7.89. The molecule has 0 aromatic heterocycles. The maximum absolute atomic E-state index is 12.3. The summed E-state index contributed by atoms with van der Waals surface area (Å²) in [5.74, 6) is -0.627. The first kappa shape index (κ1) is 16.3. The average Bonchev–Trinajstić information content (AvgIpc) is 3.29. The van der Waals surface area contributed by atoms with Crippen molar-refractivity contribution >= 4 is 16.0 Å². The number of sulfonamides is 1. The summed E-state index contributed by atoms with van der Waals surface area (Å²) in [6.07, 6.45) is 0.672. The van der Waals surface area contributed by atoms with E-state index in [0.29, 0.717) is 0 Å². The quantitative estimate of drug-likeness (QED) is 0.788. The van der Waals surface area contributed by atoms with Gasteiger partial charge in [0.25, 0.3) is 0 Å². The molecule has 8 heteroatoms. The molecule has 1 aromatic rings. The molecule has 2 rings (SSSR count). The van der Waals surface area contributed by atoms with Crippen molar-refractivity contribution in [1.82, 2.24) is 4.72 Å². The van der Waals surface area contributed by atoms with Gasteiger partial charge >= 0.3 is 5.97 Å². The summed E-state index contributed by atoms with van der Waals surface area (Å²) in [4.78, 5) is 11.8. The second-order valence-corrected chi connectivity index (χ2v) is 6.62. The Morgan fingerprint density at radius 1 is 1.45 bits per heavy atom. The lowest BCUT2D eigenvalue weighted by Crippen LogP contribution is -2.26. The van der Waals surface area contributed by atoms with E-state index >= 15 is 0 Å². The highest BCUT2D eigenvalue weighted by atomic mass is 32.2. The van der Waals surface area contributed by atoms with E-state index in [1.165, 1.54) is 32.2 Å². The van der Waals surface area contributed by atoms with E-state index in [9.17, 15) is 13.2 Å². The van der Waals surface area contributed by atoms with Crippen molar-refractivity contribution in [3.63, 3.8) is 0 Å². The smallest absolute Gasteiger partial charge is 0.339 e. The fourth-order valence-corrected chi connectivity index (χ4v) is 3.25. The van der Waals surface area contributed by atoms with Gasteiger partial charge in [0.05, 0.1) is 12.7 Å². The number of hydrogen-bond donors (Lipinski definition) is 1. The summed E-state index contributed by atoms with van der Waals surface area (Å²) in [6.45, 7) is 1.42. The van der Waals surface area contributed by atoms with Gasteiger partial charge in [0.2, 0.25) is 10.0 Å². The van der Waals surface area contributed by atoms with Crippen LogP contribution in [0.1, 0.15) is 30.1 Å². The first-order valence-electron chi connectivity index (χ1n) is 6.68. The van der Waals surface area contributed by atoms with Crippen molar-refractivity contribution < 1.29 is 22.7 Å². The molecule has 0 amide bonds. The Bertz CT molecular complexity index is 719. The first-order valence-corrected chi connectivity index (χ1v) is 8.16. The van der Waals surface area contributed by atoms with Crippen LogP contribution in [0, 0.1) is 11.3 Å². The van der Waals surface area contributed by atoms with Gasteiger partial charge < -0.3 is 9.47 Å². The maximum atomic E-state index is 12.3. The number of benzene rings is 1. The zero-order valence-corrected chi connectivity index (χ0v) is 13.0. The molecule has 1 atom stereocenters. The predicted molar refractivity (Wildman–Crippen MR) is 76.8 cm³/mol. The fraction of sp³-hybridized carbons (Fsp3) is 0.429. The van der Waals surface area contributed by atoms with Crippen LogP contribution in [0.25, 0.3) is 0 Å². The normalized spacial score (nSPS) is 15.7. The molecular weight excluding hydrogens is 308 g/mol. The topological polar surface area (TPSA) is 105 Å². The summed E-state index contributed by atoms with van der Waals surface area (Å²) < 4.78 is 37.1. The molecule has 0 saturated heterocycles. The molecular formula is C14H16N2O5S. The van der Waals surface area contributed by atoms with Crippen LogP contribution in [0.2, 0.25) is 0 Å². The molecule has 0 aliphatic heterocycles. The molecule has 7 nitrogen and oxygen atoms in total. The average molecular weight is 324 g/mol. The molecule has 1 aliphatic rings. The molecule has 0 radical (unpaired) electrons. The predicted octanol–water partition coefficient (Wildman–Crippen LogP) is 1.20. The van der Waals surface area contributed by atoms with Crippen molar-refractivity contribution in [2.45, 2.75) is 36.8 Å². The Morgan fingerprint density at radius 3 is 2.68 bits per heavy atom. The minimum Gasteiger partial charge on any atom is -0.495 e. The summed E-state index contributed by atoms with van der Waals surface area (Å²) in [5, 5.41) is 8.65. The fourth-order valence-electron chi connectivity index (χ4n) is 1.75. The van der Waals surface area contributed by atoms with Crippen molar-refractivity contribution in [1.29, 1.82) is 5.26 Å². The number of nitriles is 1. The summed E-state index contributed by atoms with van der Waals surface area (Å²) >= 11 is 0. The molecule has 0 bridgehead atoms. The van der Waals surface area contributed by atoms with Crippen LogP contribution < -0.4 is 9.46 Å². The van der Waals surface area contributed by atoms with Crippen molar-refractivity contribution in [2.24, 2.45) is 0 Å². The third kappa shape index (κ3) is 3.75. The molecule has 0 heterocycles. The molecule has 1 fully saturated rings. The highest BCUT2D eigenvalue weighted by Crippen LogP contribution is 2.28. The highest BCUT2D eigenvalue weighted by Gasteiger charge is 2.30. The second-order valence-electron chi connectivity index (χ2n) is 4.94. The molecule has 1 aliphatic carbocycles. The zero-order chi connectivity index (χ0) is 16.3. The van der Waals surface area contributed by atoms with E-state index in [-0.39, 0.29) is 22.3 Å². The number of hydrogen-bond acceptors (Lipinski definition) is 6. The minimum atomic E-state index is -3.78. The molecule has 1 N–H and O–H groups in total. The van der Waals surface area contributed by atoms with E-state index in [1.54, 1.807) is 6.07 Å². The Hall–Kier alpha value is -2.11. The third-order valence-electron chi connectivity index (χ3n) is 3.05. The van der Waals surface area contributed by atoms with Crippen LogP contribution in [0.5, 0.6) is 5.75 Å². The molecule has 0 unspecified atom stereocenters. The molecule has 1 aromatic carbocycles. The number of methoxy groups -OCH3 is 1. The summed E-state index contributed by atoms with van der Waals surface area (Å²) in [5.41, 5.74) is 0.0408. The number of carbonyl (C=O) groups excluding carboxylic acids is 1. The van der Waals surface area contributed by atoms with E-state index in [2.05, 4.69) is 4.72 Å². The van der Waals surface area contributed by atoms with Gasteiger partial charge in [-0.15, -0.1) is 0 Å². The van der Waals surface area contributed by atoms with E-state index in [4.69, 9.17) is 14.7 Å². The van der Waals surface area contributed by atoms with Crippen LogP contribution in [0.3, 0.4) is 0 Å². The second kappa shape index (κ2) is 6.34. The maximum Gasteiger partial charge on any atom is 0.339 e. The molecule has 1 saturated carbocycles. The molecule has 118 valence electrons. The molecule has 22 heavy (non-hydrogen) atoms. The van der Waals surface area contributed by atoms with E-state index in [0.717, 1.165) is 12.8 Å². The third-order valence-corrected chi connectivity index (χ3v) is 4.60. The van der Waals surface area contributed by atoms with Gasteiger partial charge in [0.15, 0.2) is 6.10 Å².